The minimum absolute atomic E-state index is 0.174. The number of aryl methyl sites for hydroxylation is 1. The zero-order chi connectivity index (χ0) is 27.5. The van der Waals surface area contributed by atoms with Gasteiger partial charge in [-0.25, -0.2) is 4.79 Å². The molecule has 4 atom stereocenters. The van der Waals surface area contributed by atoms with E-state index in [-0.39, 0.29) is 12.0 Å². The molecule has 2 aromatic rings. The van der Waals surface area contributed by atoms with Gasteiger partial charge in [0.2, 0.25) is 5.91 Å². The van der Waals surface area contributed by atoms with Crippen LogP contribution in [0.5, 0.6) is 0 Å². The highest BCUT2D eigenvalue weighted by Crippen LogP contribution is 2.42. The van der Waals surface area contributed by atoms with Gasteiger partial charge in [0.05, 0.1) is 10.7 Å². The second-order valence-corrected chi connectivity index (χ2v) is 10.9. The van der Waals surface area contributed by atoms with Crippen molar-refractivity contribution in [1.82, 2.24) is 10.2 Å². The monoisotopic (exact) mass is 523 g/mol. The summed E-state index contributed by atoms with van der Waals surface area (Å²) in [6.45, 7) is 10.6. The number of terminal acetylenes is 1. The Labute approximate surface area is 223 Å². The van der Waals surface area contributed by atoms with Crippen molar-refractivity contribution in [2.24, 2.45) is 5.92 Å². The summed E-state index contributed by atoms with van der Waals surface area (Å²) in [7, 11) is 0. The summed E-state index contributed by atoms with van der Waals surface area (Å²) in [5.41, 5.74) is 1.54. The molecule has 8 heteroatoms. The maximum Gasteiger partial charge on any atom is 0.408 e. The lowest BCUT2D eigenvalue weighted by Gasteiger charge is -2.34. The molecule has 0 aliphatic heterocycles. The van der Waals surface area contributed by atoms with E-state index in [0.717, 1.165) is 12.0 Å². The van der Waals surface area contributed by atoms with Crippen LogP contribution in [-0.4, -0.2) is 40.5 Å². The summed E-state index contributed by atoms with van der Waals surface area (Å²) in [4.78, 5) is 41.8. The third-order valence-electron chi connectivity index (χ3n) is 6.19. The molecule has 1 fully saturated rings. The Morgan fingerprint density at radius 2 is 1.81 bits per heavy atom. The molecule has 2 N–H and O–H groups in total. The number of benzene rings is 2. The Bertz CT molecular complexity index is 1210. The van der Waals surface area contributed by atoms with Gasteiger partial charge in [0.1, 0.15) is 17.7 Å². The summed E-state index contributed by atoms with van der Waals surface area (Å²) in [6, 6.07) is 10.2. The molecule has 1 aliphatic carbocycles. The highest BCUT2D eigenvalue weighted by Gasteiger charge is 2.48. The molecule has 3 rings (SSSR count). The summed E-state index contributed by atoms with van der Waals surface area (Å²) < 4.78 is 5.33. The number of nitrogens with zero attached hydrogens (tertiary/aromatic N) is 1. The van der Waals surface area contributed by atoms with Gasteiger partial charge in [-0.05, 0) is 70.2 Å². The van der Waals surface area contributed by atoms with E-state index in [1.165, 1.54) is 0 Å². The lowest BCUT2D eigenvalue weighted by Crippen LogP contribution is -2.52. The van der Waals surface area contributed by atoms with Crippen LogP contribution in [0.25, 0.3) is 0 Å². The van der Waals surface area contributed by atoms with Crippen LogP contribution in [0.4, 0.5) is 10.5 Å². The van der Waals surface area contributed by atoms with Gasteiger partial charge in [-0.15, -0.1) is 6.42 Å². The zero-order valence-electron chi connectivity index (χ0n) is 22.1. The van der Waals surface area contributed by atoms with Crippen LogP contribution in [0.15, 0.2) is 42.5 Å². The smallest absolute Gasteiger partial charge is 0.408 e. The fraction of sp³-hybridized carbons (Fsp3) is 0.414. The van der Waals surface area contributed by atoms with Crippen LogP contribution in [0, 0.1) is 25.2 Å². The number of carbonyl (C=O) groups is 3. The first-order valence-electron chi connectivity index (χ1n) is 12.3. The molecule has 0 saturated heterocycles. The zero-order valence-corrected chi connectivity index (χ0v) is 22.8. The van der Waals surface area contributed by atoms with Crippen LogP contribution >= 0.6 is 11.6 Å². The number of alkyl carbamates (subject to hydrolysis) is 1. The number of halogens is 1. The van der Waals surface area contributed by atoms with Crippen molar-refractivity contribution < 1.29 is 19.1 Å². The van der Waals surface area contributed by atoms with Crippen molar-refractivity contribution in [3.05, 3.63) is 64.2 Å². The van der Waals surface area contributed by atoms with Crippen molar-refractivity contribution in [1.29, 1.82) is 0 Å². The van der Waals surface area contributed by atoms with Crippen molar-refractivity contribution in [2.75, 3.05) is 5.32 Å². The maximum atomic E-state index is 14.0. The number of carbonyl (C=O) groups excluding carboxylic acids is 3. The first-order valence-corrected chi connectivity index (χ1v) is 12.6. The lowest BCUT2D eigenvalue weighted by atomic mass is 9.97. The first kappa shape index (κ1) is 28.1. The number of anilines is 1. The predicted molar refractivity (Wildman–Crippen MR) is 145 cm³/mol. The minimum Gasteiger partial charge on any atom is -0.444 e. The van der Waals surface area contributed by atoms with Gasteiger partial charge in [-0.1, -0.05) is 54.8 Å². The molecular weight excluding hydrogens is 490 g/mol. The largest absolute Gasteiger partial charge is 0.444 e. The van der Waals surface area contributed by atoms with Crippen molar-refractivity contribution in [3.8, 4) is 12.3 Å². The van der Waals surface area contributed by atoms with E-state index in [4.69, 9.17) is 22.8 Å². The van der Waals surface area contributed by atoms with Gasteiger partial charge in [0.25, 0.3) is 5.91 Å². The average molecular weight is 524 g/mol. The Balaban J connectivity index is 2.03. The second kappa shape index (κ2) is 11.3. The first-order chi connectivity index (χ1) is 17.3. The minimum atomic E-state index is -1.05. The van der Waals surface area contributed by atoms with E-state index in [2.05, 4.69) is 16.6 Å². The molecule has 196 valence electrons. The standard InChI is InChI=1S/C29H34ClN3O4/c1-8-20-13-9-10-14-21(20)25(26(34)32-24-17(2)12-11-15-22(24)30)33(23-16-18(23)3)27(35)19(4)31-28(36)37-29(5,6)7/h1,9-15,18-19,23,25H,16H2,2-7H3,(H,31,36)(H,32,34). The van der Waals surface area contributed by atoms with Gasteiger partial charge in [0, 0.05) is 11.6 Å². The van der Waals surface area contributed by atoms with E-state index in [0.29, 0.717) is 21.8 Å². The molecule has 0 spiro atoms. The fourth-order valence-corrected chi connectivity index (χ4v) is 4.48. The predicted octanol–water partition coefficient (Wildman–Crippen LogP) is 5.46. The van der Waals surface area contributed by atoms with Crippen LogP contribution in [0.1, 0.15) is 63.8 Å². The SMILES string of the molecule is C#Cc1ccccc1C(C(=O)Nc1c(C)cccc1Cl)N(C(=O)C(C)NC(=O)OC(C)(C)C)C1CC1C. The van der Waals surface area contributed by atoms with Gasteiger partial charge in [0.15, 0.2) is 0 Å². The van der Waals surface area contributed by atoms with Gasteiger partial charge >= 0.3 is 6.09 Å². The number of nitrogens with one attached hydrogen (secondary N) is 2. The molecule has 7 nitrogen and oxygen atoms in total. The van der Waals surface area contributed by atoms with E-state index in [1.54, 1.807) is 69.0 Å². The summed E-state index contributed by atoms with van der Waals surface area (Å²) >= 11 is 6.39. The van der Waals surface area contributed by atoms with Gasteiger partial charge in [-0.2, -0.15) is 0 Å². The Morgan fingerprint density at radius 1 is 1.16 bits per heavy atom. The van der Waals surface area contributed by atoms with Crippen molar-refractivity contribution >= 4 is 35.2 Å². The Hall–Kier alpha value is -3.50. The molecule has 0 bridgehead atoms. The van der Waals surface area contributed by atoms with Crippen LogP contribution < -0.4 is 10.6 Å². The molecule has 1 saturated carbocycles. The Morgan fingerprint density at radius 3 is 2.38 bits per heavy atom. The summed E-state index contributed by atoms with van der Waals surface area (Å²) in [5, 5.41) is 5.92. The summed E-state index contributed by atoms with van der Waals surface area (Å²) in [6.07, 6.45) is 5.80. The van der Waals surface area contributed by atoms with E-state index < -0.39 is 35.6 Å². The molecule has 0 aromatic heterocycles. The number of amides is 3. The lowest BCUT2D eigenvalue weighted by molar-refractivity contribution is -0.141. The Kier molecular flexibility index (Phi) is 8.55. The fourth-order valence-electron chi connectivity index (χ4n) is 4.21. The second-order valence-electron chi connectivity index (χ2n) is 10.4. The van der Waals surface area contributed by atoms with Gasteiger partial charge in [-0.3, -0.25) is 9.59 Å². The van der Waals surface area contributed by atoms with Crippen molar-refractivity contribution in [3.63, 3.8) is 0 Å². The number of para-hydroxylation sites is 1. The molecule has 0 radical (unpaired) electrons. The topological polar surface area (TPSA) is 87.7 Å². The van der Waals surface area contributed by atoms with Crippen LogP contribution in [0.3, 0.4) is 0 Å². The normalized spacial score (nSPS) is 18.1. The quantitative estimate of drug-likeness (QED) is 0.472. The molecule has 2 aromatic carbocycles. The third-order valence-corrected chi connectivity index (χ3v) is 6.50. The molecular formula is C29H34ClN3O4. The van der Waals surface area contributed by atoms with E-state index in [9.17, 15) is 14.4 Å². The molecule has 3 amide bonds. The van der Waals surface area contributed by atoms with Crippen LogP contribution in [-0.2, 0) is 14.3 Å². The number of rotatable bonds is 7. The highest BCUT2D eigenvalue weighted by atomic mass is 35.5. The highest BCUT2D eigenvalue weighted by molar-refractivity contribution is 6.34. The number of hydrogen-bond donors (Lipinski definition) is 2. The van der Waals surface area contributed by atoms with E-state index in [1.807, 2.05) is 19.9 Å². The molecule has 37 heavy (non-hydrogen) atoms. The number of hydrogen-bond acceptors (Lipinski definition) is 4. The third kappa shape index (κ3) is 6.84. The van der Waals surface area contributed by atoms with E-state index >= 15 is 0 Å². The summed E-state index contributed by atoms with van der Waals surface area (Å²) in [5.74, 6) is 1.95. The van der Waals surface area contributed by atoms with Gasteiger partial charge < -0.3 is 20.3 Å². The number of ether oxygens (including phenoxy) is 1. The molecule has 4 unspecified atom stereocenters. The molecule has 1 aliphatic rings. The average Bonchev–Trinajstić information content (AvgIpc) is 3.53. The van der Waals surface area contributed by atoms with Crippen molar-refractivity contribution in [2.45, 2.75) is 71.7 Å². The maximum absolute atomic E-state index is 14.0. The molecule has 0 heterocycles. The van der Waals surface area contributed by atoms with Crippen LogP contribution in [0.2, 0.25) is 5.02 Å².